The summed E-state index contributed by atoms with van der Waals surface area (Å²) in [7, 11) is 0. The van der Waals surface area contributed by atoms with Crippen LogP contribution in [-0.4, -0.2) is 34.4 Å². The molecule has 1 saturated heterocycles. The van der Waals surface area contributed by atoms with E-state index < -0.39 is 0 Å². The highest BCUT2D eigenvalue weighted by Crippen LogP contribution is 2.15. The van der Waals surface area contributed by atoms with Crippen LogP contribution in [0.15, 0.2) is 47.3 Å². The first-order valence-electron chi connectivity index (χ1n) is 7.73. The lowest BCUT2D eigenvalue weighted by Crippen LogP contribution is -2.41. The zero-order chi connectivity index (χ0) is 16.2. The highest BCUT2D eigenvalue weighted by molar-refractivity contribution is 5.92. The van der Waals surface area contributed by atoms with E-state index in [0.717, 1.165) is 19.4 Å². The van der Waals surface area contributed by atoms with E-state index >= 15 is 0 Å². The molecule has 2 atom stereocenters. The summed E-state index contributed by atoms with van der Waals surface area (Å²) < 4.78 is 6.80. The van der Waals surface area contributed by atoms with Crippen molar-refractivity contribution in [2.24, 2.45) is 0 Å². The number of nitrogens with zero attached hydrogens (tertiary/aromatic N) is 2. The van der Waals surface area contributed by atoms with Crippen molar-refractivity contribution in [3.05, 3.63) is 58.5 Å². The summed E-state index contributed by atoms with van der Waals surface area (Å²) in [5, 5.41) is 7.07. The maximum absolute atomic E-state index is 12.4. The first-order valence-corrected chi connectivity index (χ1v) is 7.73. The van der Waals surface area contributed by atoms with Gasteiger partial charge in [-0.3, -0.25) is 9.59 Å². The monoisotopic (exact) mass is 313 g/mol. The molecule has 0 unspecified atom stereocenters. The molecule has 1 N–H and O–H groups in total. The summed E-state index contributed by atoms with van der Waals surface area (Å²) in [6, 6.07) is 11.7. The molecule has 1 aliphatic heterocycles. The molecule has 1 aromatic carbocycles. The third kappa shape index (κ3) is 3.48. The molecule has 0 aliphatic carbocycles. The number of carbonyl (C=O) groups is 1. The summed E-state index contributed by atoms with van der Waals surface area (Å²) in [6.07, 6.45) is 2.00. The lowest BCUT2D eigenvalue weighted by molar-refractivity contribution is 0.0708. The van der Waals surface area contributed by atoms with Crippen LogP contribution in [0.1, 0.15) is 30.3 Å². The Balaban J connectivity index is 1.80. The maximum Gasteiger partial charge on any atom is 0.272 e. The second-order valence-corrected chi connectivity index (χ2v) is 5.62. The van der Waals surface area contributed by atoms with Gasteiger partial charge in [0.1, 0.15) is 5.69 Å². The van der Waals surface area contributed by atoms with Gasteiger partial charge in [0.15, 0.2) is 0 Å². The van der Waals surface area contributed by atoms with E-state index in [4.69, 9.17) is 4.74 Å². The molecule has 1 aromatic heterocycles. The van der Waals surface area contributed by atoms with Crippen molar-refractivity contribution in [2.45, 2.75) is 31.9 Å². The third-order valence-corrected chi connectivity index (χ3v) is 3.92. The number of aromatic nitrogens is 2. The second kappa shape index (κ2) is 6.75. The van der Waals surface area contributed by atoms with Gasteiger partial charge >= 0.3 is 0 Å². The van der Waals surface area contributed by atoms with Crippen LogP contribution in [0.3, 0.4) is 0 Å². The summed E-state index contributed by atoms with van der Waals surface area (Å²) in [6.45, 7) is 2.66. The number of amides is 1. The van der Waals surface area contributed by atoms with Gasteiger partial charge in [0, 0.05) is 12.7 Å². The van der Waals surface area contributed by atoms with E-state index in [2.05, 4.69) is 10.4 Å². The van der Waals surface area contributed by atoms with Crippen LogP contribution in [-0.2, 0) is 4.74 Å². The summed E-state index contributed by atoms with van der Waals surface area (Å²) in [4.78, 5) is 24.3. The van der Waals surface area contributed by atoms with Gasteiger partial charge in [-0.1, -0.05) is 18.2 Å². The number of nitrogens with one attached hydrogen (secondary N) is 1. The molecule has 0 spiro atoms. The number of para-hydroxylation sites is 1. The minimum atomic E-state index is -0.308. The number of benzene rings is 1. The van der Waals surface area contributed by atoms with Gasteiger partial charge in [0.25, 0.3) is 11.5 Å². The van der Waals surface area contributed by atoms with Crippen LogP contribution in [0.4, 0.5) is 0 Å². The Morgan fingerprint density at radius 2 is 2.09 bits per heavy atom. The van der Waals surface area contributed by atoms with Gasteiger partial charge in [-0.25, -0.2) is 0 Å². The van der Waals surface area contributed by atoms with Gasteiger partial charge in [-0.15, -0.1) is 0 Å². The summed E-state index contributed by atoms with van der Waals surface area (Å²) in [5.41, 5.74) is 0.553. The molecule has 0 saturated carbocycles. The molecule has 1 fully saturated rings. The molecule has 2 aromatic rings. The smallest absolute Gasteiger partial charge is 0.272 e. The highest BCUT2D eigenvalue weighted by atomic mass is 16.5. The number of ether oxygens (including phenoxy) is 1. The normalized spacial score (nSPS) is 18.6. The van der Waals surface area contributed by atoms with E-state index in [-0.39, 0.29) is 29.3 Å². The minimum Gasteiger partial charge on any atom is -0.376 e. The molecule has 0 bridgehead atoms. The van der Waals surface area contributed by atoms with E-state index in [1.165, 1.54) is 16.8 Å². The van der Waals surface area contributed by atoms with Crippen molar-refractivity contribution in [1.82, 2.24) is 15.1 Å². The Bertz CT molecular complexity index is 736. The molecule has 3 rings (SSSR count). The quantitative estimate of drug-likeness (QED) is 0.929. The van der Waals surface area contributed by atoms with Crippen molar-refractivity contribution < 1.29 is 9.53 Å². The van der Waals surface area contributed by atoms with Crippen molar-refractivity contribution in [3.63, 3.8) is 0 Å². The Labute approximate surface area is 134 Å². The van der Waals surface area contributed by atoms with Gasteiger partial charge in [-0.05, 0) is 38.0 Å². The van der Waals surface area contributed by atoms with Crippen LogP contribution < -0.4 is 10.9 Å². The van der Waals surface area contributed by atoms with Crippen molar-refractivity contribution in [2.75, 3.05) is 6.61 Å². The molecular formula is C17H19N3O3. The first kappa shape index (κ1) is 15.4. The zero-order valence-electron chi connectivity index (χ0n) is 12.9. The van der Waals surface area contributed by atoms with Crippen LogP contribution in [0.5, 0.6) is 0 Å². The predicted octanol–water partition coefficient (Wildman–Crippen LogP) is 1.53. The van der Waals surface area contributed by atoms with Crippen LogP contribution >= 0.6 is 0 Å². The number of rotatable bonds is 4. The fourth-order valence-electron chi connectivity index (χ4n) is 2.66. The molecule has 6 nitrogen and oxygen atoms in total. The topological polar surface area (TPSA) is 73.2 Å². The molecule has 23 heavy (non-hydrogen) atoms. The molecular weight excluding hydrogens is 294 g/mol. The second-order valence-electron chi connectivity index (χ2n) is 5.62. The molecule has 2 heterocycles. The molecule has 0 radical (unpaired) electrons. The number of hydrogen-bond acceptors (Lipinski definition) is 4. The van der Waals surface area contributed by atoms with Crippen molar-refractivity contribution in [1.29, 1.82) is 0 Å². The molecule has 6 heteroatoms. The van der Waals surface area contributed by atoms with E-state index in [1.807, 2.05) is 25.1 Å². The predicted molar refractivity (Wildman–Crippen MR) is 85.7 cm³/mol. The highest BCUT2D eigenvalue weighted by Gasteiger charge is 2.24. The largest absolute Gasteiger partial charge is 0.376 e. The molecule has 1 amide bonds. The van der Waals surface area contributed by atoms with Crippen LogP contribution in [0.2, 0.25) is 0 Å². The minimum absolute atomic E-state index is 0.0407. The Morgan fingerprint density at radius 3 is 2.78 bits per heavy atom. The summed E-state index contributed by atoms with van der Waals surface area (Å²) >= 11 is 0. The van der Waals surface area contributed by atoms with Gasteiger partial charge in [0.05, 0.1) is 17.8 Å². The van der Waals surface area contributed by atoms with Crippen molar-refractivity contribution >= 4 is 5.91 Å². The first-order chi connectivity index (χ1) is 11.1. The maximum atomic E-state index is 12.4. The lowest BCUT2D eigenvalue weighted by Gasteiger charge is -2.19. The van der Waals surface area contributed by atoms with E-state index in [9.17, 15) is 9.59 Å². The van der Waals surface area contributed by atoms with Crippen LogP contribution in [0.25, 0.3) is 5.69 Å². The Kier molecular flexibility index (Phi) is 4.52. The zero-order valence-corrected chi connectivity index (χ0v) is 12.9. The standard InChI is InChI=1S/C17H19N3O3/c1-12(15-8-5-11-23-15)18-17(22)14-9-10-16(21)20(19-14)13-6-3-2-4-7-13/h2-4,6-7,9-10,12,15H,5,8,11H2,1H3,(H,18,22)/t12-,15+/m0/s1. The molecule has 120 valence electrons. The number of carbonyl (C=O) groups excluding carboxylic acids is 1. The fourth-order valence-corrected chi connectivity index (χ4v) is 2.66. The van der Waals surface area contributed by atoms with Gasteiger partial charge in [-0.2, -0.15) is 9.78 Å². The summed E-state index contributed by atoms with van der Waals surface area (Å²) in [5.74, 6) is -0.308. The van der Waals surface area contributed by atoms with E-state index in [0.29, 0.717) is 5.69 Å². The lowest BCUT2D eigenvalue weighted by atomic mass is 10.1. The third-order valence-electron chi connectivity index (χ3n) is 3.92. The van der Waals surface area contributed by atoms with Crippen LogP contribution in [0, 0.1) is 0 Å². The van der Waals surface area contributed by atoms with Crippen molar-refractivity contribution in [3.8, 4) is 5.69 Å². The average molecular weight is 313 g/mol. The number of hydrogen-bond donors (Lipinski definition) is 1. The van der Waals surface area contributed by atoms with Gasteiger partial charge < -0.3 is 10.1 Å². The Morgan fingerprint density at radius 1 is 1.30 bits per heavy atom. The van der Waals surface area contributed by atoms with Gasteiger partial charge in [0.2, 0.25) is 0 Å². The average Bonchev–Trinajstić information content (AvgIpc) is 3.10. The Hall–Kier alpha value is -2.47. The fraction of sp³-hybridized carbons (Fsp3) is 0.353. The molecule has 1 aliphatic rings. The SMILES string of the molecule is C[C@H](NC(=O)c1ccc(=O)n(-c2ccccc2)n1)[C@H]1CCCO1. The van der Waals surface area contributed by atoms with E-state index in [1.54, 1.807) is 12.1 Å².